The van der Waals surface area contributed by atoms with Crippen LogP contribution in [0.3, 0.4) is 0 Å². The van der Waals surface area contributed by atoms with E-state index in [1.165, 1.54) is 57.8 Å². The van der Waals surface area contributed by atoms with Crippen LogP contribution in [0.15, 0.2) is 0 Å². The van der Waals surface area contributed by atoms with Crippen molar-refractivity contribution in [1.82, 2.24) is 5.32 Å². The summed E-state index contributed by atoms with van der Waals surface area (Å²) in [6.45, 7) is 2.07. The van der Waals surface area contributed by atoms with Crippen LogP contribution in [0.4, 0.5) is 0 Å². The fourth-order valence-corrected chi connectivity index (χ4v) is 4.50. The van der Waals surface area contributed by atoms with E-state index in [0.717, 1.165) is 25.9 Å². The molecule has 1 spiro atoms. The lowest BCUT2D eigenvalue weighted by Crippen LogP contribution is -2.36. The third-order valence-corrected chi connectivity index (χ3v) is 5.66. The van der Waals surface area contributed by atoms with Crippen molar-refractivity contribution in [3.05, 3.63) is 0 Å². The van der Waals surface area contributed by atoms with Gasteiger partial charge in [0, 0.05) is 6.54 Å². The van der Waals surface area contributed by atoms with Crippen LogP contribution in [0.25, 0.3) is 0 Å². The molecule has 3 aliphatic rings. The molecular weight excluding hydrogens is 250 g/mol. The molecule has 0 aromatic rings. The lowest BCUT2D eigenvalue weighted by molar-refractivity contribution is -0.0626. The SMILES string of the molecule is OC1CCCC(CNCC2CCC3(CCCCC3)O2)C1. The smallest absolute Gasteiger partial charge is 0.0708 e. The zero-order valence-electron chi connectivity index (χ0n) is 12.8. The summed E-state index contributed by atoms with van der Waals surface area (Å²) in [6.07, 6.45) is 14.1. The molecule has 0 amide bonds. The van der Waals surface area contributed by atoms with Crippen molar-refractivity contribution in [3.8, 4) is 0 Å². The van der Waals surface area contributed by atoms with Crippen LogP contribution in [0.5, 0.6) is 0 Å². The van der Waals surface area contributed by atoms with Gasteiger partial charge in [-0.2, -0.15) is 0 Å². The first kappa shape index (κ1) is 14.8. The summed E-state index contributed by atoms with van der Waals surface area (Å²) in [6, 6.07) is 0. The number of hydrogen-bond acceptors (Lipinski definition) is 3. The van der Waals surface area contributed by atoms with E-state index in [2.05, 4.69) is 5.32 Å². The number of hydrogen-bond donors (Lipinski definition) is 2. The molecule has 0 radical (unpaired) electrons. The molecule has 3 nitrogen and oxygen atoms in total. The Balaban J connectivity index is 1.35. The summed E-state index contributed by atoms with van der Waals surface area (Å²) in [4.78, 5) is 0. The van der Waals surface area contributed by atoms with Gasteiger partial charge in [0.05, 0.1) is 17.8 Å². The second kappa shape index (κ2) is 6.76. The molecule has 1 saturated heterocycles. The highest BCUT2D eigenvalue weighted by Gasteiger charge is 2.40. The summed E-state index contributed by atoms with van der Waals surface area (Å²) < 4.78 is 6.39. The third kappa shape index (κ3) is 3.75. The summed E-state index contributed by atoms with van der Waals surface area (Å²) >= 11 is 0. The lowest BCUT2D eigenvalue weighted by Gasteiger charge is -2.33. The average Bonchev–Trinajstić information content (AvgIpc) is 2.83. The average molecular weight is 281 g/mol. The van der Waals surface area contributed by atoms with Crippen LogP contribution in [-0.2, 0) is 4.74 Å². The predicted molar refractivity (Wildman–Crippen MR) is 80.8 cm³/mol. The molecule has 0 aromatic heterocycles. The maximum atomic E-state index is 9.70. The summed E-state index contributed by atoms with van der Waals surface area (Å²) in [5.74, 6) is 0.670. The zero-order chi connectivity index (χ0) is 13.8. The Labute approximate surface area is 123 Å². The van der Waals surface area contributed by atoms with E-state index in [9.17, 15) is 5.11 Å². The Bertz CT molecular complexity index is 301. The molecule has 3 fully saturated rings. The minimum Gasteiger partial charge on any atom is -0.393 e. The molecule has 20 heavy (non-hydrogen) atoms. The lowest BCUT2D eigenvalue weighted by atomic mass is 9.83. The number of nitrogens with one attached hydrogen (secondary N) is 1. The Morgan fingerprint density at radius 2 is 1.80 bits per heavy atom. The monoisotopic (exact) mass is 281 g/mol. The van der Waals surface area contributed by atoms with Crippen molar-refractivity contribution in [2.24, 2.45) is 5.92 Å². The highest BCUT2D eigenvalue weighted by atomic mass is 16.5. The van der Waals surface area contributed by atoms with Gasteiger partial charge in [-0.25, -0.2) is 0 Å². The summed E-state index contributed by atoms with van der Waals surface area (Å²) in [5, 5.41) is 13.3. The van der Waals surface area contributed by atoms with Crippen molar-refractivity contribution in [2.45, 2.75) is 88.4 Å². The minimum atomic E-state index is -0.0520. The first-order valence-corrected chi connectivity index (χ1v) is 8.82. The van der Waals surface area contributed by atoms with Gasteiger partial charge in [-0.05, 0) is 57.4 Å². The van der Waals surface area contributed by atoms with E-state index < -0.39 is 0 Å². The van der Waals surface area contributed by atoms with E-state index in [1.807, 2.05) is 0 Å². The van der Waals surface area contributed by atoms with Gasteiger partial charge in [-0.3, -0.25) is 0 Å². The molecule has 0 aromatic carbocycles. The fraction of sp³-hybridized carbons (Fsp3) is 1.00. The molecule has 1 heterocycles. The van der Waals surface area contributed by atoms with Gasteiger partial charge in [-0.1, -0.05) is 25.7 Å². The van der Waals surface area contributed by atoms with Crippen LogP contribution >= 0.6 is 0 Å². The van der Waals surface area contributed by atoms with Crippen molar-refractivity contribution in [3.63, 3.8) is 0 Å². The van der Waals surface area contributed by atoms with E-state index in [4.69, 9.17) is 4.74 Å². The van der Waals surface area contributed by atoms with Crippen molar-refractivity contribution in [1.29, 1.82) is 0 Å². The number of aliphatic hydroxyl groups is 1. The zero-order valence-corrected chi connectivity index (χ0v) is 12.8. The highest BCUT2D eigenvalue weighted by molar-refractivity contribution is 4.91. The molecule has 3 heteroatoms. The second-order valence-corrected chi connectivity index (χ2v) is 7.37. The van der Waals surface area contributed by atoms with Gasteiger partial charge >= 0.3 is 0 Å². The third-order valence-electron chi connectivity index (χ3n) is 5.66. The van der Waals surface area contributed by atoms with Crippen LogP contribution < -0.4 is 5.32 Å². The quantitative estimate of drug-likeness (QED) is 0.832. The van der Waals surface area contributed by atoms with Gasteiger partial charge in [0.15, 0.2) is 0 Å². The van der Waals surface area contributed by atoms with Gasteiger partial charge in [0.25, 0.3) is 0 Å². The van der Waals surface area contributed by atoms with Crippen molar-refractivity contribution in [2.75, 3.05) is 13.1 Å². The normalized spacial score (nSPS) is 37.4. The second-order valence-electron chi connectivity index (χ2n) is 7.37. The first-order chi connectivity index (χ1) is 9.76. The molecule has 2 saturated carbocycles. The Hall–Kier alpha value is -0.120. The number of ether oxygens (including phenoxy) is 1. The molecule has 0 bridgehead atoms. The van der Waals surface area contributed by atoms with E-state index >= 15 is 0 Å². The number of rotatable bonds is 4. The molecule has 3 atom stereocenters. The number of aliphatic hydroxyl groups excluding tert-OH is 1. The molecule has 2 aliphatic carbocycles. The van der Waals surface area contributed by atoms with Crippen molar-refractivity contribution >= 4 is 0 Å². The van der Waals surface area contributed by atoms with Crippen LogP contribution in [-0.4, -0.2) is 36.0 Å². The maximum Gasteiger partial charge on any atom is 0.0708 e. The standard InChI is InChI=1S/C17H31NO2/c19-15-6-4-5-14(11-15)12-18-13-16-7-10-17(20-16)8-2-1-3-9-17/h14-16,18-19H,1-13H2. The van der Waals surface area contributed by atoms with Crippen molar-refractivity contribution < 1.29 is 9.84 Å². The fourth-order valence-electron chi connectivity index (χ4n) is 4.50. The minimum absolute atomic E-state index is 0.0520. The predicted octanol–water partition coefficient (Wildman–Crippen LogP) is 3.01. The largest absolute Gasteiger partial charge is 0.393 e. The van der Waals surface area contributed by atoms with E-state index in [1.54, 1.807) is 0 Å². The van der Waals surface area contributed by atoms with Gasteiger partial charge in [0.1, 0.15) is 0 Å². The molecule has 116 valence electrons. The molecule has 3 rings (SSSR count). The van der Waals surface area contributed by atoms with Crippen LogP contribution in [0.2, 0.25) is 0 Å². The van der Waals surface area contributed by atoms with E-state index in [-0.39, 0.29) is 11.7 Å². The van der Waals surface area contributed by atoms with Gasteiger partial charge in [-0.15, -0.1) is 0 Å². The van der Waals surface area contributed by atoms with E-state index in [0.29, 0.717) is 12.0 Å². The molecular formula is C17H31NO2. The maximum absolute atomic E-state index is 9.70. The Kier molecular flexibility index (Phi) is 5.00. The summed E-state index contributed by atoms with van der Waals surface area (Å²) in [5.41, 5.74) is 0.256. The van der Waals surface area contributed by atoms with Gasteiger partial charge in [0.2, 0.25) is 0 Å². The highest BCUT2D eigenvalue weighted by Crippen LogP contribution is 2.41. The topological polar surface area (TPSA) is 41.5 Å². The first-order valence-electron chi connectivity index (χ1n) is 8.82. The van der Waals surface area contributed by atoms with Crippen LogP contribution in [0.1, 0.15) is 70.6 Å². The van der Waals surface area contributed by atoms with Crippen LogP contribution in [0, 0.1) is 5.92 Å². The molecule has 2 N–H and O–H groups in total. The van der Waals surface area contributed by atoms with Gasteiger partial charge < -0.3 is 15.2 Å². The molecule has 1 aliphatic heterocycles. The summed E-state index contributed by atoms with van der Waals surface area (Å²) in [7, 11) is 0. The Morgan fingerprint density at radius 3 is 2.60 bits per heavy atom. The Morgan fingerprint density at radius 1 is 0.950 bits per heavy atom. The molecule has 3 unspecified atom stereocenters.